The Hall–Kier alpha value is -3.92. The number of anilines is 1. The molecule has 1 N–H and O–H groups in total. The Morgan fingerprint density at radius 3 is 2.89 bits per heavy atom. The van der Waals surface area contributed by atoms with Crippen molar-refractivity contribution in [3.8, 4) is 5.69 Å². The number of nitrogens with zero attached hydrogens (tertiary/aromatic N) is 5. The number of carbonyl (C=O) groups excluding carboxylic acids is 1. The van der Waals surface area contributed by atoms with E-state index in [4.69, 9.17) is 0 Å². The van der Waals surface area contributed by atoms with Gasteiger partial charge in [0.1, 0.15) is 23.8 Å². The van der Waals surface area contributed by atoms with E-state index < -0.39 is 0 Å². The van der Waals surface area contributed by atoms with Crippen molar-refractivity contribution < 1.29 is 13.6 Å². The number of thiophene rings is 1. The van der Waals surface area contributed by atoms with Crippen LogP contribution < -0.4 is 10.2 Å². The third-order valence-electron chi connectivity index (χ3n) is 6.86. The van der Waals surface area contributed by atoms with Crippen LogP contribution in [0.5, 0.6) is 0 Å². The monoisotopic (exact) mass is 518 g/mol. The number of carbonyl (C=O) groups is 1. The number of aromatic nitrogens is 4. The van der Waals surface area contributed by atoms with Gasteiger partial charge in [0.05, 0.1) is 17.0 Å². The lowest BCUT2D eigenvalue weighted by Gasteiger charge is -2.33. The molecule has 3 aromatic heterocycles. The lowest BCUT2D eigenvalue weighted by molar-refractivity contribution is -0.125. The van der Waals surface area contributed by atoms with Crippen LogP contribution in [0.15, 0.2) is 54.3 Å². The van der Waals surface area contributed by atoms with Gasteiger partial charge >= 0.3 is 0 Å². The van der Waals surface area contributed by atoms with Gasteiger partial charge in [-0.15, -0.1) is 16.4 Å². The zero-order chi connectivity index (χ0) is 25.5. The highest BCUT2D eigenvalue weighted by molar-refractivity contribution is 7.17. The molecule has 0 spiro atoms. The van der Waals surface area contributed by atoms with Gasteiger partial charge in [-0.05, 0) is 55.2 Å². The Morgan fingerprint density at radius 2 is 2.03 bits per heavy atom. The predicted molar refractivity (Wildman–Crippen MR) is 140 cm³/mol. The van der Waals surface area contributed by atoms with Crippen molar-refractivity contribution in [3.05, 3.63) is 77.1 Å². The molecule has 0 bridgehead atoms. The van der Waals surface area contributed by atoms with Gasteiger partial charge < -0.3 is 10.2 Å². The number of halogens is 2. The summed E-state index contributed by atoms with van der Waals surface area (Å²) in [5.74, 6) is -0.0650. The normalized spacial score (nSPS) is 16.0. The van der Waals surface area contributed by atoms with Crippen molar-refractivity contribution in [2.24, 2.45) is 5.92 Å². The van der Waals surface area contributed by atoms with Gasteiger partial charge in [-0.1, -0.05) is 12.1 Å². The van der Waals surface area contributed by atoms with Crippen molar-refractivity contribution in [2.75, 3.05) is 18.0 Å². The smallest absolute Gasteiger partial charge is 0.225 e. The molecular weight excluding hydrogens is 494 g/mol. The molecule has 0 aliphatic carbocycles. The van der Waals surface area contributed by atoms with Gasteiger partial charge in [0.25, 0.3) is 0 Å². The minimum absolute atomic E-state index is 0.0355. The van der Waals surface area contributed by atoms with E-state index in [-0.39, 0.29) is 23.5 Å². The maximum absolute atomic E-state index is 14.1. The minimum atomic E-state index is -0.298. The quantitative estimate of drug-likeness (QED) is 0.348. The standard InChI is InChI=1S/C27H24F2N6OS/c1-16-4-6-19(10-22(16)28)35-13-21-25(33-35)31-15-32-26(21)34-8-2-3-18(12-34)27(36)30-11-17-5-7-24-20(9-17)23(29)14-37-24/h4-7,9-10,13-15,18H,2-3,8,11-12H2,1H3,(H,30,36)/t18-/m0/s1. The maximum Gasteiger partial charge on any atom is 0.225 e. The molecule has 1 fully saturated rings. The Morgan fingerprint density at radius 1 is 1.14 bits per heavy atom. The number of hydrogen-bond donors (Lipinski definition) is 1. The molecule has 6 rings (SSSR count). The van der Waals surface area contributed by atoms with E-state index in [0.717, 1.165) is 35.0 Å². The van der Waals surface area contributed by atoms with Crippen LogP contribution in [0, 0.1) is 24.5 Å². The zero-order valence-corrected chi connectivity index (χ0v) is 20.9. The van der Waals surface area contributed by atoms with Gasteiger partial charge in [0, 0.05) is 41.3 Å². The number of aryl methyl sites for hydroxylation is 1. The number of piperidine rings is 1. The molecule has 0 unspecified atom stereocenters. The third kappa shape index (κ3) is 4.53. The van der Waals surface area contributed by atoms with E-state index in [1.54, 1.807) is 29.9 Å². The molecule has 2 aromatic carbocycles. The second-order valence-corrected chi connectivity index (χ2v) is 10.3. The molecule has 0 radical (unpaired) electrons. The Kier molecular flexibility index (Phi) is 6.03. The lowest BCUT2D eigenvalue weighted by Crippen LogP contribution is -2.43. The fourth-order valence-electron chi connectivity index (χ4n) is 4.81. The fourth-order valence-corrected chi connectivity index (χ4v) is 5.59. The summed E-state index contributed by atoms with van der Waals surface area (Å²) in [5.41, 5.74) is 2.54. The van der Waals surface area contributed by atoms with Gasteiger partial charge in [0.2, 0.25) is 5.91 Å². The molecular formula is C27H24F2N6OS. The number of amides is 1. The van der Waals surface area contributed by atoms with Crippen molar-refractivity contribution >= 4 is 44.2 Å². The maximum atomic E-state index is 14.1. The predicted octanol–water partition coefficient (Wildman–Crippen LogP) is 5.15. The minimum Gasteiger partial charge on any atom is -0.355 e. The van der Waals surface area contributed by atoms with Crippen molar-refractivity contribution in [1.82, 2.24) is 25.1 Å². The van der Waals surface area contributed by atoms with Gasteiger partial charge in [-0.2, -0.15) is 0 Å². The second kappa shape index (κ2) is 9.51. The average Bonchev–Trinajstić information content (AvgIpc) is 3.52. The van der Waals surface area contributed by atoms with Crippen LogP contribution in [-0.4, -0.2) is 38.7 Å². The molecule has 188 valence electrons. The number of rotatable bonds is 5. The molecule has 4 heterocycles. The summed E-state index contributed by atoms with van der Waals surface area (Å²) < 4.78 is 30.6. The van der Waals surface area contributed by atoms with Gasteiger partial charge in [0.15, 0.2) is 5.65 Å². The summed E-state index contributed by atoms with van der Waals surface area (Å²) in [5, 5.41) is 10.4. The van der Waals surface area contributed by atoms with Crippen LogP contribution in [0.3, 0.4) is 0 Å². The van der Waals surface area contributed by atoms with Crippen molar-refractivity contribution in [3.63, 3.8) is 0 Å². The SMILES string of the molecule is Cc1ccc(-n2cc3c(N4CCC[C@H](C(=O)NCc5ccc6scc(F)c6c5)C4)ncnc3n2)cc1F. The number of hydrogen-bond acceptors (Lipinski definition) is 6. The zero-order valence-electron chi connectivity index (χ0n) is 20.1. The Bertz CT molecular complexity index is 1630. The largest absolute Gasteiger partial charge is 0.355 e. The third-order valence-corrected chi connectivity index (χ3v) is 7.80. The van der Waals surface area contributed by atoms with E-state index in [2.05, 4.69) is 25.3 Å². The average molecular weight is 519 g/mol. The van der Waals surface area contributed by atoms with E-state index in [1.807, 2.05) is 18.2 Å². The second-order valence-electron chi connectivity index (χ2n) is 9.36. The molecule has 10 heteroatoms. The molecule has 7 nitrogen and oxygen atoms in total. The summed E-state index contributed by atoms with van der Waals surface area (Å²) in [6.07, 6.45) is 4.88. The molecule has 1 aliphatic rings. The summed E-state index contributed by atoms with van der Waals surface area (Å²) >= 11 is 1.37. The Labute approximate surface area is 215 Å². The highest BCUT2D eigenvalue weighted by Crippen LogP contribution is 2.29. The summed E-state index contributed by atoms with van der Waals surface area (Å²) in [6, 6.07) is 10.6. The first kappa shape index (κ1) is 23.5. The van der Waals surface area contributed by atoms with Crippen LogP contribution in [0.1, 0.15) is 24.0 Å². The molecule has 5 aromatic rings. The summed E-state index contributed by atoms with van der Waals surface area (Å²) in [7, 11) is 0. The highest BCUT2D eigenvalue weighted by Gasteiger charge is 2.28. The van der Waals surface area contributed by atoms with Crippen LogP contribution in [-0.2, 0) is 11.3 Å². The highest BCUT2D eigenvalue weighted by atomic mass is 32.1. The van der Waals surface area contributed by atoms with E-state index in [9.17, 15) is 13.6 Å². The van der Waals surface area contributed by atoms with Crippen LogP contribution in [0.25, 0.3) is 26.8 Å². The first-order valence-corrected chi connectivity index (χ1v) is 13.0. The molecule has 37 heavy (non-hydrogen) atoms. The summed E-state index contributed by atoms with van der Waals surface area (Å²) in [6.45, 7) is 3.33. The molecule has 1 amide bonds. The first-order valence-electron chi connectivity index (χ1n) is 12.1. The number of fused-ring (bicyclic) bond motifs is 2. The lowest BCUT2D eigenvalue weighted by atomic mass is 9.97. The molecule has 1 saturated heterocycles. The molecule has 1 atom stereocenters. The first-order chi connectivity index (χ1) is 18.0. The van der Waals surface area contributed by atoms with E-state index in [0.29, 0.717) is 41.2 Å². The number of nitrogens with one attached hydrogen (secondary N) is 1. The summed E-state index contributed by atoms with van der Waals surface area (Å²) in [4.78, 5) is 23.9. The van der Waals surface area contributed by atoms with Crippen LogP contribution in [0.2, 0.25) is 0 Å². The van der Waals surface area contributed by atoms with Crippen molar-refractivity contribution in [1.29, 1.82) is 0 Å². The van der Waals surface area contributed by atoms with Gasteiger partial charge in [-0.3, -0.25) is 4.79 Å². The number of benzene rings is 2. The van der Waals surface area contributed by atoms with Crippen LogP contribution >= 0.6 is 11.3 Å². The van der Waals surface area contributed by atoms with E-state index >= 15 is 0 Å². The molecule has 0 saturated carbocycles. The van der Waals surface area contributed by atoms with Gasteiger partial charge in [-0.25, -0.2) is 23.4 Å². The topological polar surface area (TPSA) is 75.9 Å². The van der Waals surface area contributed by atoms with Crippen molar-refractivity contribution in [2.45, 2.75) is 26.3 Å². The van der Waals surface area contributed by atoms with Crippen LogP contribution in [0.4, 0.5) is 14.6 Å². The Balaban J connectivity index is 1.18. The van der Waals surface area contributed by atoms with E-state index in [1.165, 1.54) is 29.1 Å². The molecule has 1 aliphatic heterocycles. The fraction of sp³-hybridized carbons (Fsp3) is 0.259.